The fourth-order valence-corrected chi connectivity index (χ4v) is 3.31. The van der Waals surface area contributed by atoms with Gasteiger partial charge >= 0.3 is 6.03 Å². The van der Waals surface area contributed by atoms with Crippen LogP contribution in [0.3, 0.4) is 0 Å². The molecule has 1 fully saturated rings. The lowest BCUT2D eigenvalue weighted by molar-refractivity contribution is 0.0162. The number of carbonyl (C=O) groups is 1. The van der Waals surface area contributed by atoms with E-state index < -0.39 is 0 Å². The van der Waals surface area contributed by atoms with Gasteiger partial charge in [-0.1, -0.05) is 0 Å². The molecular weight excluding hydrogens is 320 g/mol. The third-order valence-electron chi connectivity index (χ3n) is 4.65. The highest BCUT2D eigenvalue weighted by Gasteiger charge is 2.25. The maximum atomic E-state index is 12.6. The van der Waals surface area contributed by atoms with E-state index in [1.807, 2.05) is 37.8 Å². The first kappa shape index (κ1) is 19.4. The minimum Gasteiger partial charge on any atom is -0.493 e. The van der Waals surface area contributed by atoms with Gasteiger partial charge in [0.2, 0.25) is 0 Å². The minimum absolute atomic E-state index is 0.0499. The molecule has 0 bridgehead atoms. The Morgan fingerprint density at radius 3 is 2.64 bits per heavy atom. The van der Waals surface area contributed by atoms with Crippen molar-refractivity contribution in [2.75, 3.05) is 33.9 Å². The van der Waals surface area contributed by atoms with Gasteiger partial charge < -0.3 is 24.4 Å². The van der Waals surface area contributed by atoms with Crippen LogP contribution in [0.2, 0.25) is 0 Å². The lowest BCUT2D eigenvalue weighted by Gasteiger charge is -2.33. The summed E-state index contributed by atoms with van der Waals surface area (Å²) in [6.07, 6.45) is 2.13. The van der Waals surface area contributed by atoms with Gasteiger partial charge in [0, 0.05) is 19.7 Å². The van der Waals surface area contributed by atoms with Crippen molar-refractivity contribution in [1.29, 1.82) is 0 Å². The Labute approximate surface area is 150 Å². The van der Waals surface area contributed by atoms with Crippen molar-refractivity contribution in [3.8, 4) is 11.5 Å². The number of urea groups is 1. The second kappa shape index (κ2) is 8.94. The van der Waals surface area contributed by atoms with Crippen LogP contribution in [0.15, 0.2) is 12.1 Å². The van der Waals surface area contributed by atoms with Crippen LogP contribution in [0.25, 0.3) is 0 Å². The van der Waals surface area contributed by atoms with Crippen molar-refractivity contribution < 1.29 is 19.0 Å². The van der Waals surface area contributed by atoms with Crippen LogP contribution in [0.1, 0.15) is 43.9 Å². The van der Waals surface area contributed by atoms with E-state index in [4.69, 9.17) is 14.2 Å². The van der Waals surface area contributed by atoms with E-state index in [2.05, 4.69) is 5.32 Å². The summed E-state index contributed by atoms with van der Waals surface area (Å²) in [6.45, 7) is 8.08. The molecule has 25 heavy (non-hydrogen) atoms. The van der Waals surface area contributed by atoms with Gasteiger partial charge in [0.05, 0.1) is 26.4 Å². The molecule has 6 heteroatoms. The Bertz CT molecular complexity index is 589. The first-order chi connectivity index (χ1) is 12.0. The molecule has 2 atom stereocenters. The summed E-state index contributed by atoms with van der Waals surface area (Å²) in [6, 6.07) is 3.69. The number of nitrogens with zero attached hydrogens (tertiary/aromatic N) is 1. The topological polar surface area (TPSA) is 60.0 Å². The van der Waals surface area contributed by atoms with Crippen molar-refractivity contribution in [3.05, 3.63) is 23.3 Å². The zero-order chi connectivity index (χ0) is 18.4. The van der Waals surface area contributed by atoms with E-state index >= 15 is 0 Å². The zero-order valence-corrected chi connectivity index (χ0v) is 15.9. The van der Waals surface area contributed by atoms with E-state index in [0.29, 0.717) is 24.7 Å². The Morgan fingerprint density at radius 1 is 1.32 bits per heavy atom. The lowest BCUT2D eigenvalue weighted by Crippen LogP contribution is -2.48. The summed E-state index contributed by atoms with van der Waals surface area (Å²) in [5.74, 6) is 1.36. The van der Waals surface area contributed by atoms with Gasteiger partial charge in [0.1, 0.15) is 0 Å². The largest absolute Gasteiger partial charge is 0.493 e. The summed E-state index contributed by atoms with van der Waals surface area (Å²) in [5.41, 5.74) is 2.07. The number of carbonyl (C=O) groups excluding carboxylic acids is 1. The second-order valence-electron chi connectivity index (χ2n) is 6.40. The first-order valence-corrected chi connectivity index (χ1v) is 8.89. The number of ether oxygens (including phenoxy) is 3. The number of hydrogen-bond donors (Lipinski definition) is 1. The third-order valence-corrected chi connectivity index (χ3v) is 4.65. The van der Waals surface area contributed by atoms with E-state index in [1.165, 1.54) is 0 Å². The van der Waals surface area contributed by atoms with Crippen LogP contribution < -0.4 is 14.8 Å². The molecule has 6 nitrogen and oxygen atoms in total. The van der Waals surface area contributed by atoms with Gasteiger partial charge in [-0.3, -0.25) is 0 Å². The molecule has 0 saturated carbocycles. The number of piperidine rings is 1. The van der Waals surface area contributed by atoms with Gasteiger partial charge in [0.25, 0.3) is 0 Å². The highest BCUT2D eigenvalue weighted by molar-refractivity contribution is 5.75. The lowest BCUT2D eigenvalue weighted by atomic mass is 10.0. The molecule has 1 aromatic carbocycles. The maximum absolute atomic E-state index is 12.6. The van der Waals surface area contributed by atoms with Crippen molar-refractivity contribution in [1.82, 2.24) is 10.2 Å². The number of aryl methyl sites for hydroxylation is 1. The number of methoxy groups -OCH3 is 2. The van der Waals surface area contributed by atoms with Gasteiger partial charge in [-0.25, -0.2) is 4.79 Å². The van der Waals surface area contributed by atoms with Crippen molar-refractivity contribution in [3.63, 3.8) is 0 Å². The summed E-state index contributed by atoms with van der Waals surface area (Å²) in [7, 11) is 3.23. The Hall–Kier alpha value is -1.95. The quantitative estimate of drug-likeness (QED) is 0.855. The van der Waals surface area contributed by atoms with Crippen molar-refractivity contribution in [2.45, 2.75) is 45.8 Å². The number of amides is 2. The average Bonchev–Trinajstić information content (AvgIpc) is 2.61. The summed E-state index contributed by atoms with van der Waals surface area (Å²) in [5, 5.41) is 3.09. The average molecular weight is 350 g/mol. The predicted octanol–water partition coefficient (Wildman–Crippen LogP) is 3.28. The molecule has 0 spiro atoms. The van der Waals surface area contributed by atoms with E-state index in [9.17, 15) is 4.79 Å². The highest BCUT2D eigenvalue weighted by atomic mass is 16.5. The predicted molar refractivity (Wildman–Crippen MR) is 97.5 cm³/mol. The molecule has 1 aliphatic rings. The van der Waals surface area contributed by atoms with Crippen LogP contribution in [0.4, 0.5) is 4.79 Å². The Balaban J connectivity index is 2.06. The molecule has 1 N–H and O–H groups in total. The molecule has 0 unspecified atom stereocenters. The fraction of sp³-hybridized carbons (Fsp3) is 0.632. The van der Waals surface area contributed by atoms with Gasteiger partial charge in [0.15, 0.2) is 11.5 Å². The van der Waals surface area contributed by atoms with E-state index in [0.717, 1.165) is 30.5 Å². The summed E-state index contributed by atoms with van der Waals surface area (Å²) in [4.78, 5) is 14.5. The molecule has 0 aliphatic carbocycles. The van der Waals surface area contributed by atoms with E-state index in [-0.39, 0.29) is 18.2 Å². The molecule has 1 aliphatic heterocycles. The second-order valence-corrected chi connectivity index (χ2v) is 6.40. The normalized spacial score (nSPS) is 18.6. The molecule has 1 aromatic rings. The van der Waals surface area contributed by atoms with Crippen molar-refractivity contribution >= 4 is 6.03 Å². The zero-order valence-electron chi connectivity index (χ0n) is 15.9. The number of likely N-dealkylation sites (tertiary alicyclic amines) is 1. The van der Waals surface area contributed by atoms with Crippen LogP contribution in [0, 0.1) is 6.92 Å². The maximum Gasteiger partial charge on any atom is 0.317 e. The summed E-state index contributed by atoms with van der Waals surface area (Å²) < 4.78 is 16.4. The van der Waals surface area contributed by atoms with Crippen LogP contribution in [0.5, 0.6) is 11.5 Å². The SMILES string of the molecule is CCO[C@@H]1CCCN(C(=O)N[C@H](C)c2cc(OC)c(OC)cc2C)C1. The van der Waals surface area contributed by atoms with Gasteiger partial charge in [-0.2, -0.15) is 0 Å². The number of rotatable bonds is 6. The third kappa shape index (κ3) is 4.78. The molecular formula is C19H30N2O4. The van der Waals surface area contributed by atoms with E-state index in [1.54, 1.807) is 14.2 Å². The molecule has 1 saturated heterocycles. The minimum atomic E-state index is -0.125. The number of hydrogen-bond acceptors (Lipinski definition) is 4. The first-order valence-electron chi connectivity index (χ1n) is 8.89. The molecule has 1 heterocycles. The molecule has 2 rings (SSSR count). The molecule has 0 radical (unpaired) electrons. The molecule has 0 aromatic heterocycles. The van der Waals surface area contributed by atoms with Crippen LogP contribution >= 0.6 is 0 Å². The van der Waals surface area contributed by atoms with Gasteiger partial charge in [-0.05, 0) is 56.9 Å². The number of benzene rings is 1. The van der Waals surface area contributed by atoms with Crippen LogP contribution in [-0.2, 0) is 4.74 Å². The highest BCUT2D eigenvalue weighted by Crippen LogP contribution is 2.33. The van der Waals surface area contributed by atoms with Crippen molar-refractivity contribution in [2.24, 2.45) is 0 Å². The smallest absolute Gasteiger partial charge is 0.317 e. The van der Waals surface area contributed by atoms with Gasteiger partial charge in [-0.15, -0.1) is 0 Å². The summed E-state index contributed by atoms with van der Waals surface area (Å²) >= 11 is 0. The van der Waals surface area contributed by atoms with Crippen LogP contribution in [-0.4, -0.2) is 51.0 Å². The Morgan fingerprint density at radius 2 is 2.00 bits per heavy atom. The monoisotopic (exact) mass is 350 g/mol. The molecule has 2 amide bonds. The Kier molecular flexibility index (Phi) is 6.93. The number of nitrogens with one attached hydrogen (secondary N) is 1. The fourth-order valence-electron chi connectivity index (χ4n) is 3.31. The standard InChI is InChI=1S/C19H30N2O4/c1-6-25-15-8-7-9-21(12-15)19(22)20-14(3)16-11-18(24-5)17(23-4)10-13(16)2/h10-11,14-15H,6-9,12H2,1-5H3,(H,20,22)/t14-,15-/m1/s1. The molecule has 140 valence electrons.